The van der Waals surface area contributed by atoms with Crippen LogP contribution in [0.1, 0.15) is 31.9 Å². The summed E-state index contributed by atoms with van der Waals surface area (Å²) in [5.74, 6) is 2.06. The molecule has 0 radical (unpaired) electrons. The molecule has 2 aromatic carbocycles. The van der Waals surface area contributed by atoms with E-state index >= 15 is 0 Å². The van der Waals surface area contributed by atoms with Crippen LogP contribution in [0, 0.1) is 0 Å². The summed E-state index contributed by atoms with van der Waals surface area (Å²) in [5, 5.41) is 6.57. The van der Waals surface area contributed by atoms with Gasteiger partial charge in [-0.2, -0.15) is 0 Å². The van der Waals surface area contributed by atoms with Crippen molar-refractivity contribution in [2.24, 2.45) is 4.99 Å². The number of hydrogen-bond acceptors (Lipinski definition) is 4. The lowest BCUT2D eigenvalue weighted by Crippen LogP contribution is -2.30. The quantitative estimate of drug-likeness (QED) is 0.286. The third-order valence-corrected chi connectivity index (χ3v) is 3.98. The first-order valence-electron chi connectivity index (χ1n) is 9.52. The van der Waals surface area contributed by atoms with Gasteiger partial charge in [0.15, 0.2) is 17.5 Å². The van der Waals surface area contributed by atoms with Gasteiger partial charge in [-0.3, -0.25) is 0 Å². The summed E-state index contributed by atoms with van der Waals surface area (Å²) in [6.07, 6.45) is 0.215. The van der Waals surface area contributed by atoms with Crippen molar-refractivity contribution in [1.82, 2.24) is 5.32 Å². The highest BCUT2D eigenvalue weighted by atomic mass is 127. The predicted octanol–water partition coefficient (Wildman–Crippen LogP) is 4.82. The zero-order chi connectivity index (χ0) is 20.4. The smallest absolute Gasteiger partial charge is 0.196 e. The number of nitrogens with zero attached hydrogens (tertiary/aromatic N) is 1. The van der Waals surface area contributed by atoms with E-state index in [1.54, 1.807) is 14.2 Å². The van der Waals surface area contributed by atoms with Crippen molar-refractivity contribution in [1.29, 1.82) is 0 Å². The summed E-state index contributed by atoms with van der Waals surface area (Å²) in [6.45, 7) is 8.06. The molecule has 6 nitrogen and oxygen atoms in total. The van der Waals surface area contributed by atoms with Gasteiger partial charge in [0.2, 0.25) is 0 Å². The summed E-state index contributed by atoms with van der Waals surface area (Å²) in [5.41, 5.74) is 3.16. The minimum atomic E-state index is 0. The fraction of sp³-hybridized carbons (Fsp3) is 0.409. The lowest BCUT2D eigenvalue weighted by molar-refractivity contribution is 0.0657. The molecule has 0 heterocycles. The molecule has 0 aliphatic carbocycles. The summed E-state index contributed by atoms with van der Waals surface area (Å²) >= 11 is 0. The van der Waals surface area contributed by atoms with Gasteiger partial charge < -0.3 is 24.8 Å². The van der Waals surface area contributed by atoms with Crippen LogP contribution in [0.5, 0.6) is 11.5 Å². The maximum Gasteiger partial charge on any atom is 0.196 e. The van der Waals surface area contributed by atoms with Crippen molar-refractivity contribution in [3.63, 3.8) is 0 Å². The van der Waals surface area contributed by atoms with Crippen molar-refractivity contribution in [3.8, 4) is 11.5 Å². The normalized spacial score (nSPS) is 11.0. The molecule has 7 heteroatoms. The summed E-state index contributed by atoms with van der Waals surface area (Å²) in [7, 11) is 3.24. The Hall–Kier alpha value is -2.00. The molecule has 0 spiro atoms. The average Bonchev–Trinajstić information content (AvgIpc) is 2.71. The molecule has 0 atom stereocenters. The lowest BCUT2D eigenvalue weighted by atomic mass is 10.1. The van der Waals surface area contributed by atoms with Crippen molar-refractivity contribution < 1.29 is 14.2 Å². The van der Waals surface area contributed by atoms with Crippen LogP contribution >= 0.6 is 24.0 Å². The summed E-state index contributed by atoms with van der Waals surface area (Å²) in [6, 6.07) is 14.0. The van der Waals surface area contributed by atoms with Crippen molar-refractivity contribution in [3.05, 3.63) is 53.6 Å². The number of rotatable bonds is 9. The molecule has 0 unspecified atom stereocenters. The van der Waals surface area contributed by atoms with E-state index in [4.69, 9.17) is 19.2 Å². The van der Waals surface area contributed by atoms with Crippen molar-refractivity contribution >= 4 is 35.6 Å². The van der Waals surface area contributed by atoms with Crippen LogP contribution < -0.4 is 20.1 Å². The first-order chi connectivity index (χ1) is 13.5. The Kier molecular flexibility index (Phi) is 11.5. The molecule has 0 aliphatic rings. The zero-order valence-corrected chi connectivity index (χ0v) is 20.2. The van der Waals surface area contributed by atoms with E-state index in [0.717, 1.165) is 23.4 Å². The third-order valence-electron chi connectivity index (χ3n) is 3.98. The van der Waals surface area contributed by atoms with Crippen molar-refractivity contribution in [2.75, 3.05) is 26.1 Å². The monoisotopic (exact) mass is 513 g/mol. The number of hydrogen-bond donors (Lipinski definition) is 2. The van der Waals surface area contributed by atoms with Crippen LogP contribution in [-0.2, 0) is 17.9 Å². The molecule has 2 aromatic rings. The van der Waals surface area contributed by atoms with Gasteiger partial charge in [-0.05, 0) is 44.0 Å². The van der Waals surface area contributed by atoms with Gasteiger partial charge in [-0.15, -0.1) is 24.0 Å². The second-order valence-corrected chi connectivity index (χ2v) is 6.57. The Balaban J connectivity index is 0.00000420. The maximum absolute atomic E-state index is 5.68. The molecular weight excluding hydrogens is 481 g/mol. The highest BCUT2D eigenvalue weighted by Crippen LogP contribution is 2.29. The third kappa shape index (κ3) is 8.49. The summed E-state index contributed by atoms with van der Waals surface area (Å²) < 4.78 is 16.3. The number of guanidine groups is 1. The predicted molar refractivity (Wildman–Crippen MR) is 130 cm³/mol. The molecule has 0 saturated carbocycles. The Morgan fingerprint density at radius 3 is 2.38 bits per heavy atom. The fourth-order valence-corrected chi connectivity index (χ4v) is 2.61. The number of methoxy groups -OCH3 is 2. The molecule has 0 fully saturated rings. The number of halogens is 1. The molecule has 2 N–H and O–H groups in total. The molecule has 0 aromatic heterocycles. The standard InChI is InChI=1S/C22H31N3O3.HI/c1-6-23-22(25-19-10-11-20(26-4)21(13-19)27-5)24-14-17-8-7-9-18(12-17)15-28-16(2)3;/h7-13,16H,6,14-15H2,1-5H3,(H2,23,24,25);1H. The van der Waals surface area contributed by atoms with Gasteiger partial charge in [-0.1, -0.05) is 24.3 Å². The van der Waals surface area contributed by atoms with E-state index in [1.165, 1.54) is 0 Å². The molecule has 0 saturated heterocycles. The average molecular weight is 513 g/mol. The Morgan fingerprint density at radius 2 is 1.72 bits per heavy atom. The number of benzene rings is 2. The van der Waals surface area contributed by atoms with E-state index in [-0.39, 0.29) is 30.1 Å². The van der Waals surface area contributed by atoms with Crippen LogP contribution in [0.2, 0.25) is 0 Å². The Bertz CT molecular complexity index is 782. The van der Waals surface area contributed by atoms with Crippen LogP contribution in [0.25, 0.3) is 0 Å². The lowest BCUT2D eigenvalue weighted by Gasteiger charge is -2.14. The molecule has 160 valence electrons. The number of ether oxygens (including phenoxy) is 3. The maximum atomic E-state index is 5.68. The molecular formula is C22H32IN3O3. The number of aliphatic imine (C=N–C) groups is 1. The van der Waals surface area contributed by atoms with Gasteiger partial charge in [0.05, 0.1) is 33.5 Å². The van der Waals surface area contributed by atoms with Crippen molar-refractivity contribution in [2.45, 2.75) is 40.0 Å². The first-order valence-corrected chi connectivity index (χ1v) is 9.52. The van der Waals surface area contributed by atoms with Gasteiger partial charge in [0.25, 0.3) is 0 Å². The fourth-order valence-electron chi connectivity index (χ4n) is 2.61. The zero-order valence-electron chi connectivity index (χ0n) is 17.8. The molecule has 0 bridgehead atoms. The van der Waals surface area contributed by atoms with Crippen LogP contribution in [-0.4, -0.2) is 32.8 Å². The van der Waals surface area contributed by atoms with Crippen LogP contribution in [0.15, 0.2) is 47.5 Å². The first kappa shape index (κ1) is 25.0. The topological polar surface area (TPSA) is 64.1 Å². The van der Waals surface area contributed by atoms with E-state index in [9.17, 15) is 0 Å². The Morgan fingerprint density at radius 1 is 1.00 bits per heavy atom. The summed E-state index contributed by atoms with van der Waals surface area (Å²) in [4.78, 5) is 4.69. The van der Waals surface area contributed by atoms with Gasteiger partial charge in [0, 0.05) is 18.3 Å². The van der Waals surface area contributed by atoms with Gasteiger partial charge >= 0.3 is 0 Å². The van der Waals surface area contributed by atoms with E-state index in [0.29, 0.717) is 30.6 Å². The van der Waals surface area contributed by atoms with E-state index < -0.39 is 0 Å². The second-order valence-electron chi connectivity index (χ2n) is 6.57. The second kappa shape index (κ2) is 13.3. The van der Waals surface area contributed by atoms with E-state index in [2.05, 4.69) is 28.8 Å². The van der Waals surface area contributed by atoms with Gasteiger partial charge in [-0.25, -0.2) is 4.99 Å². The molecule has 2 rings (SSSR count). The highest BCUT2D eigenvalue weighted by molar-refractivity contribution is 14.0. The highest BCUT2D eigenvalue weighted by Gasteiger charge is 2.06. The Labute approximate surface area is 191 Å². The minimum absolute atomic E-state index is 0. The molecule has 29 heavy (non-hydrogen) atoms. The van der Waals surface area contributed by atoms with Gasteiger partial charge in [0.1, 0.15) is 0 Å². The molecule has 0 amide bonds. The van der Waals surface area contributed by atoms with Crippen LogP contribution in [0.4, 0.5) is 5.69 Å². The molecule has 0 aliphatic heterocycles. The largest absolute Gasteiger partial charge is 0.493 e. The SMILES string of the molecule is CCNC(=NCc1cccc(COC(C)C)c1)Nc1ccc(OC)c(OC)c1.I. The minimum Gasteiger partial charge on any atom is -0.493 e. The number of nitrogens with one attached hydrogen (secondary N) is 2. The number of anilines is 1. The van der Waals surface area contributed by atoms with Crippen LogP contribution in [0.3, 0.4) is 0 Å². The van der Waals surface area contributed by atoms with E-state index in [1.807, 2.05) is 45.0 Å².